The number of amides is 2. The molecule has 198 valence electrons. The summed E-state index contributed by atoms with van der Waals surface area (Å²) in [4.78, 5) is 28.2. The molecule has 0 aliphatic heterocycles. The van der Waals surface area contributed by atoms with Crippen LogP contribution in [0.4, 0.5) is 5.69 Å². The molecule has 0 saturated heterocycles. The molecule has 0 radical (unpaired) electrons. The van der Waals surface area contributed by atoms with Crippen LogP contribution in [-0.4, -0.2) is 50.0 Å². The molecule has 2 aromatic carbocycles. The van der Waals surface area contributed by atoms with Gasteiger partial charge in [0.25, 0.3) is 0 Å². The van der Waals surface area contributed by atoms with Crippen LogP contribution in [0.3, 0.4) is 0 Å². The summed E-state index contributed by atoms with van der Waals surface area (Å²) in [6, 6.07) is 11.2. The molecule has 2 rings (SSSR count). The predicted octanol–water partition coefficient (Wildman–Crippen LogP) is 5.21. The molecule has 0 unspecified atom stereocenters. The second-order valence-electron chi connectivity index (χ2n) is 9.34. The molecule has 10 heteroatoms. The Morgan fingerprint density at radius 1 is 1.00 bits per heavy atom. The number of nitrogens with zero attached hydrogens (tertiary/aromatic N) is 2. The molecule has 0 saturated carbocycles. The van der Waals surface area contributed by atoms with Crippen LogP contribution in [0.1, 0.15) is 58.1 Å². The van der Waals surface area contributed by atoms with Crippen molar-refractivity contribution in [2.75, 3.05) is 17.1 Å². The van der Waals surface area contributed by atoms with Crippen LogP contribution in [0.2, 0.25) is 10.0 Å². The number of halogens is 2. The maximum absolute atomic E-state index is 13.8. The lowest BCUT2D eigenvalue weighted by molar-refractivity contribution is -0.140. The molecule has 0 aromatic heterocycles. The van der Waals surface area contributed by atoms with Crippen LogP contribution in [0.25, 0.3) is 0 Å². The average molecular weight is 557 g/mol. The van der Waals surface area contributed by atoms with E-state index in [4.69, 9.17) is 23.2 Å². The van der Waals surface area contributed by atoms with Gasteiger partial charge in [-0.25, -0.2) is 8.42 Å². The van der Waals surface area contributed by atoms with Crippen LogP contribution in [0.15, 0.2) is 42.5 Å². The van der Waals surface area contributed by atoms with Gasteiger partial charge in [0, 0.05) is 12.6 Å². The number of para-hydroxylation sites is 1. The number of anilines is 1. The van der Waals surface area contributed by atoms with E-state index >= 15 is 0 Å². The van der Waals surface area contributed by atoms with Crippen molar-refractivity contribution in [1.29, 1.82) is 0 Å². The van der Waals surface area contributed by atoms with Crippen molar-refractivity contribution in [2.45, 2.75) is 65.6 Å². The van der Waals surface area contributed by atoms with Gasteiger partial charge in [-0.15, -0.1) is 0 Å². The Kier molecular flexibility index (Phi) is 10.6. The second-order valence-corrected chi connectivity index (χ2v) is 12.1. The molecule has 0 bridgehead atoms. The Hall–Kier alpha value is -2.29. The van der Waals surface area contributed by atoms with Crippen molar-refractivity contribution in [1.82, 2.24) is 10.2 Å². The van der Waals surface area contributed by atoms with Gasteiger partial charge in [-0.3, -0.25) is 13.9 Å². The molecular weight excluding hydrogens is 521 g/mol. The van der Waals surface area contributed by atoms with Gasteiger partial charge in [-0.05, 0) is 55.5 Å². The summed E-state index contributed by atoms with van der Waals surface area (Å²) in [6.07, 6.45) is 1.41. The third-order valence-electron chi connectivity index (χ3n) is 5.66. The Labute approximate surface area is 224 Å². The lowest BCUT2D eigenvalue weighted by Gasteiger charge is -2.34. The highest BCUT2D eigenvalue weighted by atomic mass is 35.5. The van der Waals surface area contributed by atoms with Gasteiger partial charge in [-0.1, -0.05) is 68.2 Å². The van der Waals surface area contributed by atoms with E-state index in [9.17, 15) is 18.0 Å². The van der Waals surface area contributed by atoms with Crippen LogP contribution < -0.4 is 9.62 Å². The highest BCUT2D eigenvalue weighted by Gasteiger charge is 2.32. The van der Waals surface area contributed by atoms with E-state index in [-0.39, 0.29) is 24.4 Å². The van der Waals surface area contributed by atoms with Crippen molar-refractivity contribution >= 4 is 50.7 Å². The first kappa shape index (κ1) is 29.9. The summed E-state index contributed by atoms with van der Waals surface area (Å²) in [5, 5.41) is 3.56. The van der Waals surface area contributed by atoms with Gasteiger partial charge < -0.3 is 10.2 Å². The van der Waals surface area contributed by atoms with E-state index in [2.05, 4.69) is 5.32 Å². The Bertz CT molecular complexity index is 1190. The van der Waals surface area contributed by atoms with E-state index in [1.807, 2.05) is 46.8 Å². The van der Waals surface area contributed by atoms with E-state index in [0.717, 1.165) is 16.1 Å². The lowest BCUT2D eigenvalue weighted by atomic mass is 10.0. The topological polar surface area (TPSA) is 86.8 Å². The van der Waals surface area contributed by atoms with Crippen LogP contribution >= 0.6 is 23.2 Å². The van der Waals surface area contributed by atoms with Crippen LogP contribution in [-0.2, 0) is 26.2 Å². The fraction of sp³-hybridized carbons (Fsp3) is 0.462. The number of hydrogen-bond acceptors (Lipinski definition) is 4. The molecule has 2 aromatic rings. The number of nitrogens with one attached hydrogen (secondary N) is 1. The average Bonchev–Trinajstić information content (AvgIpc) is 2.78. The van der Waals surface area contributed by atoms with Crippen molar-refractivity contribution in [3.8, 4) is 0 Å². The molecular formula is C26H35Cl2N3O4S. The Morgan fingerprint density at radius 2 is 1.64 bits per heavy atom. The van der Waals surface area contributed by atoms with Crippen molar-refractivity contribution in [2.24, 2.45) is 0 Å². The summed E-state index contributed by atoms with van der Waals surface area (Å²) in [5.74, 6) is -0.779. The third kappa shape index (κ3) is 7.85. The quantitative estimate of drug-likeness (QED) is 0.412. The molecule has 0 aliphatic carbocycles. The first-order valence-corrected chi connectivity index (χ1v) is 14.5. The minimum Gasteiger partial charge on any atom is -0.352 e. The fourth-order valence-corrected chi connectivity index (χ4v) is 5.12. The van der Waals surface area contributed by atoms with E-state index < -0.39 is 28.5 Å². The van der Waals surface area contributed by atoms with Crippen molar-refractivity contribution < 1.29 is 18.0 Å². The summed E-state index contributed by atoms with van der Waals surface area (Å²) < 4.78 is 26.8. The zero-order chi connectivity index (χ0) is 27.2. The fourth-order valence-electron chi connectivity index (χ4n) is 3.93. The molecule has 0 aliphatic rings. The van der Waals surface area contributed by atoms with Crippen LogP contribution in [0, 0.1) is 0 Å². The minimum absolute atomic E-state index is 0.0353. The third-order valence-corrected chi connectivity index (χ3v) is 7.53. The standard InChI is InChI=1S/C26H35Cl2N3O4S/c1-7-23(26(33)29-18(4)5)30(15-19-12-13-21(27)22(28)14-19)25(32)16-31(36(6,34)35)24-11-9-8-10-20(24)17(2)3/h8-14,17-18,23H,7,15-16H2,1-6H3,(H,29,33)/t23-/m0/s1. The Balaban J connectivity index is 2.53. The van der Waals surface area contributed by atoms with E-state index in [1.54, 1.807) is 30.3 Å². The first-order chi connectivity index (χ1) is 16.8. The van der Waals surface area contributed by atoms with Crippen molar-refractivity contribution in [3.05, 3.63) is 63.6 Å². The van der Waals surface area contributed by atoms with E-state index in [0.29, 0.717) is 27.7 Å². The molecule has 1 N–H and O–H groups in total. The monoisotopic (exact) mass is 555 g/mol. The number of carbonyl (C=O) groups excluding carboxylic acids is 2. The molecule has 2 amide bonds. The van der Waals surface area contributed by atoms with Gasteiger partial charge in [0.05, 0.1) is 22.0 Å². The molecule has 0 spiro atoms. The maximum atomic E-state index is 13.8. The molecule has 36 heavy (non-hydrogen) atoms. The van der Waals surface area contributed by atoms with Gasteiger partial charge in [-0.2, -0.15) is 0 Å². The van der Waals surface area contributed by atoms with E-state index in [1.165, 1.54) is 4.90 Å². The van der Waals surface area contributed by atoms with Gasteiger partial charge in [0.2, 0.25) is 21.8 Å². The number of benzene rings is 2. The highest BCUT2D eigenvalue weighted by Crippen LogP contribution is 2.30. The summed E-state index contributed by atoms with van der Waals surface area (Å²) in [6.45, 7) is 9.01. The molecule has 0 heterocycles. The van der Waals surface area contributed by atoms with Gasteiger partial charge >= 0.3 is 0 Å². The number of rotatable bonds is 11. The largest absolute Gasteiger partial charge is 0.352 e. The highest BCUT2D eigenvalue weighted by molar-refractivity contribution is 7.92. The lowest BCUT2D eigenvalue weighted by Crippen LogP contribution is -2.53. The van der Waals surface area contributed by atoms with Crippen LogP contribution in [0.5, 0.6) is 0 Å². The molecule has 7 nitrogen and oxygen atoms in total. The Morgan fingerprint density at radius 3 is 2.17 bits per heavy atom. The smallest absolute Gasteiger partial charge is 0.244 e. The summed E-state index contributed by atoms with van der Waals surface area (Å²) in [7, 11) is -3.81. The second kappa shape index (κ2) is 12.8. The van der Waals surface area contributed by atoms with Crippen molar-refractivity contribution in [3.63, 3.8) is 0 Å². The van der Waals surface area contributed by atoms with Gasteiger partial charge in [0.15, 0.2) is 0 Å². The minimum atomic E-state index is -3.81. The summed E-state index contributed by atoms with van der Waals surface area (Å²) in [5.41, 5.74) is 1.91. The first-order valence-electron chi connectivity index (χ1n) is 11.9. The number of carbonyl (C=O) groups is 2. The molecule has 1 atom stereocenters. The maximum Gasteiger partial charge on any atom is 0.244 e. The van der Waals surface area contributed by atoms with Gasteiger partial charge in [0.1, 0.15) is 12.6 Å². The molecule has 0 fully saturated rings. The number of hydrogen-bond donors (Lipinski definition) is 1. The number of sulfonamides is 1. The SMILES string of the molecule is CC[C@@H](C(=O)NC(C)C)N(Cc1ccc(Cl)c(Cl)c1)C(=O)CN(c1ccccc1C(C)C)S(C)(=O)=O. The zero-order valence-electron chi connectivity index (χ0n) is 21.6. The summed E-state index contributed by atoms with van der Waals surface area (Å²) >= 11 is 12.2. The zero-order valence-corrected chi connectivity index (χ0v) is 23.9. The predicted molar refractivity (Wildman–Crippen MR) is 147 cm³/mol. The normalized spacial score (nSPS) is 12.5.